The van der Waals surface area contributed by atoms with E-state index >= 15 is 0 Å². The second kappa shape index (κ2) is 10.4. The van der Waals surface area contributed by atoms with E-state index in [0.29, 0.717) is 0 Å². The van der Waals surface area contributed by atoms with Crippen molar-refractivity contribution in [2.75, 3.05) is 0 Å². The second-order valence-electron chi connectivity index (χ2n) is 8.77. The summed E-state index contributed by atoms with van der Waals surface area (Å²) >= 11 is 1.15. The number of hydrogen-bond donors (Lipinski definition) is 3. The highest BCUT2D eigenvalue weighted by Crippen LogP contribution is 2.36. The van der Waals surface area contributed by atoms with E-state index in [4.69, 9.17) is 0 Å². The van der Waals surface area contributed by atoms with Crippen molar-refractivity contribution in [3.63, 3.8) is 0 Å². The molecule has 186 valence electrons. The van der Waals surface area contributed by atoms with Crippen molar-refractivity contribution in [2.24, 2.45) is 0 Å². The maximum Gasteiger partial charge on any atom is 0.176 e. The van der Waals surface area contributed by atoms with Gasteiger partial charge in [0.2, 0.25) is 0 Å². The molecule has 0 radical (unpaired) electrons. The lowest BCUT2D eigenvalue weighted by atomic mass is 10.1. The minimum absolute atomic E-state index is 0.195. The van der Waals surface area contributed by atoms with Gasteiger partial charge in [-0.3, -0.25) is 10.1 Å². The van der Waals surface area contributed by atoms with E-state index < -0.39 is 0 Å². The molecule has 0 aliphatic carbocycles. The van der Waals surface area contributed by atoms with Gasteiger partial charge in [-0.15, -0.1) is 11.3 Å². The molecule has 0 amide bonds. The normalized spacial score (nSPS) is 12.4. The van der Waals surface area contributed by atoms with Gasteiger partial charge in [0.15, 0.2) is 5.13 Å². The van der Waals surface area contributed by atoms with Gasteiger partial charge < -0.3 is 10.3 Å². The van der Waals surface area contributed by atoms with Crippen molar-refractivity contribution in [3.8, 4) is 21.8 Å². The number of H-pyrrole nitrogens is 2. The molecule has 0 spiro atoms. The second-order valence-corrected chi connectivity index (χ2v) is 9.80. The summed E-state index contributed by atoms with van der Waals surface area (Å²) in [5.41, 5.74) is 8.09. The van der Waals surface area contributed by atoms with Gasteiger partial charge in [-0.05, 0) is 61.4 Å². The number of aromatic nitrogens is 4. The number of halogens is 1. The van der Waals surface area contributed by atoms with E-state index in [1.165, 1.54) is 6.07 Å². The number of nitrogens with zero attached hydrogens (tertiary/aromatic N) is 2. The first-order chi connectivity index (χ1) is 18.0. The maximum atomic E-state index is 13.7. The Balaban J connectivity index is 1.54. The Hall–Kier alpha value is -4.23. The molecule has 0 saturated heterocycles. The molecule has 4 heterocycles. The Morgan fingerprint density at radius 1 is 1.16 bits per heavy atom. The maximum absolute atomic E-state index is 13.7. The summed E-state index contributed by atoms with van der Waals surface area (Å²) in [4.78, 5) is 9.06. The fourth-order valence-corrected chi connectivity index (χ4v) is 5.19. The smallest absolute Gasteiger partial charge is 0.176 e. The van der Waals surface area contributed by atoms with Gasteiger partial charge in [-0.2, -0.15) is 9.49 Å². The van der Waals surface area contributed by atoms with E-state index in [-0.39, 0.29) is 5.13 Å². The summed E-state index contributed by atoms with van der Waals surface area (Å²) in [5.74, 6) is 0. The zero-order valence-corrected chi connectivity index (χ0v) is 21.7. The third-order valence-corrected chi connectivity index (χ3v) is 7.12. The van der Waals surface area contributed by atoms with E-state index in [2.05, 4.69) is 51.6 Å². The summed E-state index contributed by atoms with van der Waals surface area (Å²) in [6.45, 7) is 12.1. The van der Waals surface area contributed by atoms with E-state index in [1.54, 1.807) is 12.3 Å². The minimum atomic E-state index is -0.195. The summed E-state index contributed by atoms with van der Waals surface area (Å²) in [7, 11) is 0. The summed E-state index contributed by atoms with van der Waals surface area (Å²) < 4.78 is 13.7. The van der Waals surface area contributed by atoms with E-state index in [1.807, 2.05) is 49.4 Å². The standard InChI is InChI=1S/C30H28FN5S/c1-5-9-18(4)33-20(7-3)14-19(6-2)25-16-23-27(17-32-25)35-36-30(23)26-15-22-21(10-8-11-24(22)34-26)28-12-13-29(31)37-28/h6-8,10-17,33-34H,3-5,9H2,1-2H3,(H,35,36)/b19-6+,20-14+. The largest absolute Gasteiger partial charge is 0.359 e. The minimum Gasteiger partial charge on any atom is -0.359 e. The van der Waals surface area contributed by atoms with E-state index in [0.717, 1.165) is 90.5 Å². The number of benzene rings is 1. The quantitative estimate of drug-likeness (QED) is 0.175. The van der Waals surface area contributed by atoms with Crippen LogP contribution < -0.4 is 5.32 Å². The Morgan fingerprint density at radius 2 is 2.03 bits per heavy atom. The Kier molecular flexibility index (Phi) is 6.88. The molecule has 0 bridgehead atoms. The molecule has 0 saturated carbocycles. The topological polar surface area (TPSA) is 69.4 Å². The number of thiophene rings is 1. The molecular formula is C30H28FN5S. The SMILES string of the molecule is C=C/C(=C\C(=C/C)c1cc2c(-c3cc4c(-c5ccc(F)s5)cccc4[nH]3)n[nH]c2cn1)NC(=C)CCC. The zero-order valence-electron chi connectivity index (χ0n) is 20.9. The predicted molar refractivity (Wildman–Crippen MR) is 154 cm³/mol. The van der Waals surface area contributed by atoms with Crippen LogP contribution in [0.25, 0.3) is 49.2 Å². The fourth-order valence-electron chi connectivity index (χ4n) is 4.42. The van der Waals surface area contributed by atoms with Crippen LogP contribution in [-0.4, -0.2) is 20.2 Å². The van der Waals surface area contributed by atoms with Crippen molar-refractivity contribution < 1.29 is 4.39 Å². The first-order valence-corrected chi connectivity index (χ1v) is 13.0. The number of nitrogens with one attached hydrogen (secondary N) is 3. The number of rotatable bonds is 9. The molecule has 0 aliphatic rings. The molecule has 0 atom stereocenters. The molecule has 0 aliphatic heterocycles. The third-order valence-electron chi connectivity index (χ3n) is 6.22. The number of hydrogen-bond acceptors (Lipinski definition) is 4. The van der Waals surface area contributed by atoms with Crippen molar-refractivity contribution >= 4 is 38.7 Å². The van der Waals surface area contributed by atoms with Gasteiger partial charge in [0, 0.05) is 38.1 Å². The van der Waals surface area contributed by atoms with Crippen LogP contribution in [0.3, 0.4) is 0 Å². The molecule has 3 N–H and O–H groups in total. The third kappa shape index (κ3) is 4.90. The summed E-state index contributed by atoms with van der Waals surface area (Å²) in [5, 5.41) is 12.8. The van der Waals surface area contributed by atoms with Crippen LogP contribution in [0.4, 0.5) is 4.39 Å². The van der Waals surface area contributed by atoms with Crippen LogP contribution >= 0.6 is 11.3 Å². The number of aromatic amines is 2. The van der Waals surface area contributed by atoms with Crippen LogP contribution in [-0.2, 0) is 0 Å². The lowest BCUT2D eigenvalue weighted by molar-refractivity contribution is 0.657. The van der Waals surface area contributed by atoms with E-state index in [9.17, 15) is 4.39 Å². The van der Waals surface area contributed by atoms with Gasteiger partial charge >= 0.3 is 0 Å². The summed E-state index contributed by atoms with van der Waals surface area (Å²) in [6, 6.07) is 13.5. The first kappa shape index (κ1) is 24.5. The van der Waals surface area contributed by atoms with Crippen LogP contribution in [0.1, 0.15) is 32.4 Å². The van der Waals surface area contributed by atoms with Crippen LogP contribution in [0.5, 0.6) is 0 Å². The van der Waals surface area contributed by atoms with Crippen LogP contribution in [0.15, 0.2) is 91.4 Å². The summed E-state index contributed by atoms with van der Waals surface area (Å²) in [6.07, 6.45) is 9.56. The molecule has 5 aromatic rings. The molecule has 0 fully saturated rings. The number of allylic oxidation sites excluding steroid dienone is 5. The van der Waals surface area contributed by atoms with Crippen LogP contribution in [0.2, 0.25) is 0 Å². The average Bonchev–Trinajstić information content (AvgIpc) is 3.63. The number of pyridine rings is 1. The Labute approximate surface area is 219 Å². The average molecular weight is 510 g/mol. The highest BCUT2D eigenvalue weighted by Gasteiger charge is 2.16. The lowest BCUT2D eigenvalue weighted by Crippen LogP contribution is -2.10. The zero-order chi connectivity index (χ0) is 25.9. The highest BCUT2D eigenvalue weighted by molar-refractivity contribution is 7.14. The monoisotopic (exact) mass is 509 g/mol. The van der Waals surface area contributed by atoms with Gasteiger partial charge in [-0.1, -0.05) is 44.7 Å². The van der Waals surface area contributed by atoms with Crippen molar-refractivity contribution in [2.45, 2.75) is 26.7 Å². The molecule has 4 aromatic heterocycles. The Bertz CT molecular complexity index is 1680. The van der Waals surface area contributed by atoms with Gasteiger partial charge in [-0.25, -0.2) is 0 Å². The van der Waals surface area contributed by atoms with Gasteiger partial charge in [0.05, 0.1) is 23.1 Å². The lowest BCUT2D eigenvalue weighted by Gasteiger charge is -2.11. The Morgan fingerprint density at radius 3 is 2.76 bits per heavy atom. The van der Waals surface area contributed by atoms with Crippen molar-refractivity contribution in [1.29, 1.82) is 0 Å². The molecule has 7 heteroatoms. The first-order valence-electron chi connectivity index (χ1n) is 12.2. The molecule has 5 rings (SSSR count). The molecule has 1 aromatic carbocycles. The molecule has 37 heavy (non-hydrogen) atoms. The number of fused-ring (bicyclic) bond motifs is 2. The molecular weight excluding hydrogens is 481 g/mol. The van der Waals surface area contributed by atoms with Crippen LogP contribution in [0, 0.1) is 5.13 Å². The predicted octanol–water partition coefficient (Wildman–Crippen LogP) is 8.35. The van der Waals surface area contributed by atoms with Gasteiger partial charge in [0.25, 0.3) is 0 Å². The van der Waals surface area contributed by atoms with Crippen molar-refractivity contribution in [1.82, 2.24) is 25.5 Å². The molecule has 0 unspecified atom stereocenters. The van der Waals surface area contributed by atoms with Crippen molar-refractivity contribution in [3.05, 3.63) is 102 Å². The highest BCUT2D eigenvalue weighted by atomic mass is 32.1. The fraction of sp³-hybridized carbons (Fsp3) is 0.133. The molecule has 5 nitrogen and oxygen atoms in total. The van der Waals surface area contributed by atoms with Gasteiger partial charge in [0.1, 0.15) is 5.69 Å².